The molecular weight excluding hydrogens is 479 g/mol. The number of ketones is 1. The number of hydrogen-bond donors (Lipinski definition) is 1. The Balaban J connectivity index is 0.000000324. The van der Waals surface area contributed by atoms with Crippen molar-refractivity contribution in [3.63, 3.8) is 0 Å². The minimum atomic E-state index is -4.20. The second kappa shape index (κ2) is 14.3. The summed E-state index contributed by atoms with van der Waals surface area (Å²) in [5.41, 5.74) is 1.28. The fourth-order valence-electron chi connectivity index (χ4n) is 4.35. The Labute approximate surface area is 222 Å². The van der Waals surface area contributed by atoms with Gasteiger partial charge in [-0.3, -0.25) is 9.79 Å². The number of nitrogens with zero attached hydrogens (tertiary/aromatic N) is 1. The maximum absolute atomic E-state index is 12.5. The molecule has 7 heteroatoms. The van der Waals surface area contributed by atoms with Gasteiger partial charge in [-0.1, -0.05) is 52.9 Å². The van der Waals surface area contributed by atoms with E-state index in [4.69, 9.17) is 4.74 Å². The van der Waals surface area contributed by atoms with Crippen LogP contribution < -0.4 is 4.74 Å². The Kier molecular flexibility index (Phi) is 12.8. The van der Waals surface area contributed by atoms with Crippen LogP contribution in [0.25, 0.3) is 0 Å². The van der Waals surface area contributed by atoms with E-state index in [-0.39, 0.29) is 31.5 Å². The van der Waals surface area contributed by atoms with Crippen molar-refractivity contribution in [2.75, 3.05) is 7.11 Å². The van der Waals surface area contributed by atoms with Crippen LogP contribution in [-0.4, -0.2) is 29.9 Å². The van der Waals surface area contributed by atoms with Crippen molar-refractivity contribution in [2.24, 2.45) is 16.3 Å². The number of hydrogen-bond acceptors (Lipinski definition) is 4. The van der Waals surface area contributed by atoms with Gasteiger partial charge in [-0.15, -0.1) is 0 Å². The van der Waals surface area contributed by atoms with Gasteiger partial charge in [0.15, 0.2) is 0 Å². The molecule has 0 amide bonds. The minimum Gasteiger partial charge on any atom is -0.496 e. The van der Waals surface area contributed by atoms with E-state index >= 15 is 0 Å². The Morgan fingerprint density at radius 2 is 1.73 bits per heavy atom. The second-order valence-electron chi connectivity index (χ2n) is 11.2. The zero-order valence-corrected chi connectivity index (χ0v) is 24.1. The first-order chi connectivity index (χ1) is 17.1. The number of carbonyl (C=O) groups is 1. The number of aryl methyl sites for hydroxylation is 1. The van der Waals surface area contributed by atoms with Crippen molar-refractivity contribution in [2.45, 2.75) is 124 Å². The summed E-state index contributed by atoms with van der Waals surface area (Å²) >= 11 is 0. The molecule has 0 aromatic heterocycles. The van der Waals surface area contributed by atoms with Crippen LogP contribution in [0.5, 0.6) is 5.75 Å². The van der Waals surface area contributed by atoms with Gasteiger partial charge in [0.1, 0.15) is 11.5 Å². The van der Waals surface area contributed by atoms with E-state index in [0.717, 1.165) is 41.3 Å². The van der Waals surface area contributed by atoms with Gasteiger partial charge in [0, 0.05) is 30.2 Å². The van der Waals surface area contributed by atoms with Crippen LogP contribution in [0.4, 0.5) is 18.9 Å². The molecule has 0 aliphatic heterocycles. The summed E-state index contributed by atoms with van der Waals surface area (Å²) in [5, 5.41) is 10.2. The molecule has 37 heavy (non-hydrogen) atoms. The number of rotatable bonds is 8. The van der Waals surface area contributed by atoms with Crippen LogP contribution in [0.15, 0.2) is 17.1 Å². The first-order valence-corrected chi connectivity index (χ1v) is 13.6. The molecule has 2 saturated carbocycles. The minimum absolute atomic E-state index is 0.127. The molecule has 0 heterocycles. The third-order valence-electron chi connectivity index (χ3n) is 7.34. The van der Waals surface area contributed by atoms with Gasteiger partial charge in [-0.25, -0.2) is 0 Å². The fourth-order valence-corrected chi connectivity index (χ4v) is 4.35. The summed E-state index contributed by atoms with van der Waals surface area (Å²) in [6.45, 7) is 13.6. The fraction of sp³-hybridized carbons (Fsp3) is 0.733. The molecule has 2 aliphatic rings. The largest absolute Gasteiger partial charge is 0.496 e. The van der Waals surface area contributed by atoms with Gasteiger partial charge in [-0.05, 0) is 64.5 Å². The maximum Gasteiger partial charge on any atom is 0.394 e. The van der Waals surface area contributed by atoms with Gasteiger partial charge >= 0.3 is 6.18 Å². The van der Waals surface area contributed by atoms with Gasteiger partial charge < -0.3 is 9.84 Å². The predicted octanol–water partition coefficient (Wildman–Crippen LogP) is 9.02. The molecular formula is C30H48F3NO3. The summed E-state index contributed by atoms with van der Waals surface area (Å²) in [7, 11) is 1.62. The molecule has 0 atom stereocenters. The summed E-state index contributed by atoms with van der Waals surface area (Å²) in [6.07, 6.45) is 3.09. The Bertz CT molecular complexity index is 893. The molecule has 0 bridgehead atoms. The normalized spacial score (nSPS) is 17.4. The molecule has 0 unspecified atom stereocenters. The van der Waals surface area contributed by atoms with Crippen molar-refractivity contribution in [1.29, 1.82) is 0 Å². The molecule has 0 spiro atoms. The highest BCUT2D eigenvalue weighted by Gasteiger charge is 2.58. The van der Waals surface area contributed by atoms with Crippen LogP contribution in [-0.2, 0) is 10.4 Å². The third kappa shape index (κ3) is 10.1. The Hall–Kier alpha value is -1.89. The molecule has 0 radical (unpaired) electrons. The average molecular weight is 528 g/mol. The molecule has 212 valence electrons. The number of aliphatic imine (C=N–C) groups is 1. The predicted molar refractivity (Wildman–Crippen MR) is 146 cm³/mol. The highest BCUT2D eigenvalue weighted by Crippen LogP contribution is 2.55. The van der Waals surface area contributed by atoms with Crippen molar-refractivity contribution in [3.8, 4) is 5.75 Å². The molecule has 0 saturated heterocycles. The first-order valence-electron chi connectivity index (χ1n) is 13.6. The van der Waals surface area contributed by atoms with Gasteiger partial charge in [0.25, 0.3) is 0 Å². The quantitative estimate of drug-likeness (QED) is 0.343. The topological polar surface area (TPSA) is 58.9 Å². The molecule has 4 nitrogen and oxygen atoms in total. The Morgan fingerprint density at radius 1 is 1.16 bits per heavy atom. The van der Waals surface area contributed by atoms with E-state index in [9.17, 15) is 23.1 Å². The second-order valence-corrected chi connectivity index (χ2v) is 11.2. The lowest BCUT2D eigenvalue weighted by atomic mass is 9.65. The number of Topliss-reactive ketones (excluding diaryl/α,β-unsaturated/α-hetero) is 1. The summed E-state index contributed by atoms with van der Waals surface area (Å²) < 4.78 is 42.9. The van der Waals surface area contributed by atoms with E-state index < -0.39 is 17.2 Å². The van der Waals surface area contributed by atoms with Crippen LogP contribution in [0.2, 0.25) is 0 Å². The van der Waals surface area contributed by atoms with E-state index in [1.165, 1.54) is 19.3 Å². The molecule has 2 aliphatic carbocycles. The van der Waals surface area contributed by atoms with Gasteiger partial charge in [0.2, 0.25) is 0 Å². The number of benzene rings is 1. The highest BCUT2D eigenvalue weighted by molar-refractivity contribution is 5.85. The van der Waals surface area contributed by atoms with Crippen molar-refractivity contribution in [3.05, 3.63) is 23.3 Å². The standard InChI is InChI=1S/C16H25NO2.C9H13F3O.C5H10/c1-7-8-12(3)17-14-10-15(19-6)13(9-11(14)2)16(4,5)18;1-2-7(13)6-8(4-3-5-8)9(10,11)12;1-5-3-2-4-5/h9-10,18H,7-8H2,1-6H3;2-6H2,1H3;5H,2-4H2,1H3. The smallest absolute Gasteiger partial charge is 0.394 e. The lowest BCUT2D eigenvalue weighted by Crippen LogP contribution is -2.45. The van der Waals surface area contributed by atoms with Gasteiger partial charge in [-0.2, -0.15) is 13.2 Å². The number of alkyl halides is 3. The Morgan fingerprint density at radius 3 is 2.05 bits per heavy atom. The summed E-state index contributed by atoms with van der Waals surface area (Å²) in [4.78, 5) is 15.6. The van der Waals surface area contributed by atoms with Crippen LogP contribution in [0.3, 0.4) is 0 Å². The number of carbonyl (C=O) groups excluding carboxylic acids is 1. The zero-order valence-electron chi connectivity index (χ0n) is 24.1. The van der Waals surface area contributed by atoms with E-state index in [1.54, 1.807) is 27.9 Å². The lowest BCUT2D eigenvalue weighted by Gasteiger charge is -2.42. The molecule has 1 aromatic carbocycles. The van der Waals surface area contributed by atoms with Gasteiger partial charge in [0.05, 0.1) is 23.8 Å². The maximum atomic E-state index is 12.5. The molecule has 3 rings (SSSR count). The van der Waals surface area contributed by atoms with Crippen LogP contribution in [0, 0.1) is 18.3 Å². The third-order valence-corrected chi connectivity index (χ3v) is 7.34. The van der Waals surface area contributed by atoms with Crippen molar-refractivity contribution in [1.82, 2.24) is 0 Å². The zero-order chi connectivity index (χ0) is 28.4. The number of aliphatic hydroxyl groups is 1. The SMILES string of the molecule is CC1CCC1.CCC(=O)CC1(C(F)(F)F)CCC1.CCCC(C)=Nc1cc(OC)c(C(C)(C)O)cc1C. The monoisotopic (exact) mass is 527 g/mol. The van der Waals surface area contributed by atoms with Crippen LogP contribution in [0.1, 0.15) is 117 Å². The summed E-state index contributed by atoms with van der Waals surface area (Å²) in [5.74, 6) is 1.47. The van der Waals surface area contributed by atoms with E-state index in [2.05, 4.69) is 18.8 Å². The average Bonchev–Trinajstić information content (AvgIpc) is 2.75. The van der Waals surface area contributed by atoms with Crippen molar-refractivity contribution < 1.29 is 27.8 Å². The first kappa shape index (κ1) is 33.1. The molecule has 1 N–H and O–H groups in total. The van der Waals surface area contributed by atoms with Crippen LogP contribution >= 0.6 is 0 Å². The van der Waals surface area contributed by atoms with E-state index in [1.807, 2.05) is 26.0 Å². The van der Waals surface area contributed by atoms with Crippen molar-refractivity contribution >= 4 is 17.2 Å². The molecule has 2 fully saturated rings. The summed E-state index contributed by atoms with van der Waals surface area (Å²) in [6, 6.07) is 3.86. The number of halogens is 3. The number of methoxy groups -OCH3 is 1. The highest BCUT2D eigenvalue weighted by atomic mass is 19.4. The lowest BCUT2D eigenvalue weighted by molar-refractivity contribution is -0.251. The van der Waals surface area contributed by atoms with E-state index in [0.29, 0.717) is 12.2 Å². The molecule has 1 aromatic rings. The number of ether oxygens (including phenoxy) is 1.